The molecule has 0 fully saturated rings. The predicted octanol–water partition coefficient (Wildman–Crippen LogP) is 3.59. The van der Waals surface area contributed by atoms with Crippen molar-refractivity contribution in [3.8, 4) is 5.75 Å². The molecule has 0 aliphatic rings. The lowest BCUT2D eigenvalue weighted by Crippen LogP contribution is -2.10. The van der Waals surface area contributed by atoms with Crippen molar-refractivity contribution in [1.29, 1.82) is 0 Å². The van der Waals surface area contributed by atoms with E-state index in [4.69, 9.17) is 9.84 Å². The Balaban J connectivity index is 3.21. The predicted molar refractivity (Wildman–Crippen MR) is 63.9 cm³/mol. The number of benzene rings is 1. The van der Waals surface area contributed by atoms with Gasteiger partial charge in [0.1, 0.15) is 5.75 Å². The van der Waals surface area contributed by atoms with Gasteiger partial charge in [-0.2, -0.15) is 13.2 Å². The molecule has 1 aromatic carbocycles. The van der Waals surface area contributed by atoms with Crippen LogP contribution in [0.15, 0.2) is 24.3 Å². The summed E-state index contributed by atoms with van der Waals surface area (Å²) < 4.78 is 43.8. The zero-order valence-corrected chi connectivity index (χ0v) is 10.4. The first-order chi connectivity index (χ1) is 8.70. The molecule has 0 saturated heterocycles. The molecule has 0 bridgehead atoms. The third kappa shape index (κ3) is 4.65. The fourth-order valence-electron chi connectivity index (χ4n) is 1.43. The highest BCUT2D eigenvalue weighted by atomic mass is 19.4. The van der Waals surface area contributed by atoms with Crippen LogP contribution in [-0.4, -0.2) is 17.2 Å². The highest BCUT2D eigenvalue weighted by Gasteiger charge is 2.33. The Hall–Kier alpha value is -1.98. The lowest BCUT2D eigenvalue weighted by atomic mass is 10.1. The zero-order valence-electron chi connectivity index (χ0n) is 10.4. The maximum atomic E-state index is 12.9. The monoisotopic (exact) mass is 274 g/mol. The summed E-state index contributed by atoms with van der Waals surface area (Å²) in [6, 6.07) is 3.41. The number of carbonyl (C=O) groups is 1. The van der Waals surface area contributed by atoms with Crippen molar-refractivity contribution in [2.45, 2.75) is 26.1 Å². The Kier molecular flexibility index (Phi) is 4.58. The van der Waals surface area contributed by atoms with E-state index >= 15 is 0 Å². The van der Waals surface area contributed by atoms with Crippen LogP contribution >= 0.6 is 0 Å². The molecule has 0 amide bonds. The normalized spacial score (nSPS) is 12.1. The molecule has 1 aromatic rings. The summed E-state index contributed by atoms with van der Waals surface area (Å²) in [4.78, 5) is 10.4. The Labute approximate surface area is 108 Å². The molecule has 0 aliphatic heterocycles. The van der Waals surface area contributed by atoms with Gasteiger partial charge in [0.2, 0.25) is 0 Å². The van der Waals surface area contributed by atoms with Gasteiger partial charge in [-0.25, -0.2) is 4.79 Å². The van der Waals surface area contributed by atoms with Crippen LogP contribution in [0.5, 0.6) is 5.75 Å². The third-order valence-electron chi connectivity index (χ3n) is 2.11. The lowest BCUT2D eigenvalue weighted by Gasteiger charge is -2.14. The topological polar surface area (TPSA) is 46.5 Å². The second-order valence-corrected chi connectivity index (χ2v) is 4.08. The minimum atomic E-state index is -4.57. The van der Waals surface area contributed by atoms with E-state index in [0.717, 1.165) is 12.1 Å². The van der Waals surface area contributed by atoms with Crippen molar-refractivity contribution in [2.24, 2.45) is 0 Å². The van der Waals surface area contributed by atoms with E-state index in [-0.39, 0.29) is 17.4 Å². The van der Waals surface area contributed by atoms with Gasteiger partial charge in [0, 0.05) is 6.08 Å². The van der Waals surface area contributed by atoms with Gasteiger partial charge < -0.3 is 9.84 Å². The van der Waals surface area contributed by atoms with Crippen molar-refractivity contribution in [1.82, 2.24) is 0 Å². The maximum absolute atomic E-state index is 12.9. The van der Waals surface area contributed by atoms with Crippen LogP contribution < -0.4 is 4.74 Å². The number of ether oxygens (including phenoxy) is 1. The van der Waals surface area contributed by atoms with Crippen molar-refractivity contribution >= 4 is 12.0 Å². The second-order valence-electron chi connectivity index (χ2n) is 4.08. The van der Waals surface area contributed by atoms with Gasteiger partial charge in [0.15, 0.2) is 0 Å². The standard InChI is InChI=1S/C13H13F3O3/c1-8(2)19-10-5-3-9(4-6-12(17)18)11(7-10)13(14,15)16/h3-8H,1-2H3,(H,17,18)/b6-4+. The molecule has 1 rings (SSSR count). The van der Waals surface area contributed by atoms with E-state index < -0.39 is 17.7 Å². The van der Waals surface area contributed by atoms with Crippen molar-refractivity contribution in [3.63, 3.8) is 0 Å². The number of hydrogen-bond donors (Lipinski definition) is 1. The summed E-state index contributed by atoms with van der Waals surface area (Å²) >= 11 is 0. The lowest BCUT2D eigenvalue weighted by molar-refractivity contribution is -0.138. The average molecular weight is 274 g/mol. The Morgan fingerprint density at radius 3 is 2.47 bits per heavy atom. The van der Waals surface area contributed by atoms with Crippen LogP contribution in [0.3, 0.4) is 0 Å². The number of aliphatic carboxylic acids is 1. The minimum Gasteiger partial charge on any atom is -0.491 e. The first kappa shape index (κ1) is 15.1. The number of carboxylic acid groups (broad SMARTS) is 1. The highest BCUT2D eigenvalue weighted by molar-refractivity contribution is 5.85. The minimum absolute atomic E-state index is 0.0924. The Bertz CT molecular complexity index is 490. The summed E-state index contributed by atoms with van der Waals surface area (Å²) in [6.45, 7) is 3.40. The van der Waals surface area contributed by atoms with E-state index in [1.54, 1.807) is 13.8 Å². The van der Waals surface area contributed by atoms with E-state index in [1.807, 2.05) is 0 Å². The van der Waals surface area contributed by atoms with E-state index in [9.17, 15) is 18.0 Å². The molecule has 0 heterocycles. The highest BCUT2D eigenvalue weighted by Crippen LogP contribution is 2.35. The number of halogens is 3. The number of hydrogen-bond acceptors (Lipinski definition) is 2. The molecule has 0 spiro atoms. The summed E-state index contributed by atoms with van der Waals surface area (Å²) in [7, 11) is 0. The molecule has 19 heavy (non-hydrogen) atoms. The van der Waals surface area contributed by atoms with Crippen molar-refractivity contribution < 1.29 is 27.8 Å². The van der Waals surface area contributed by atoms with Gasteiger partial charge in [0.05, 0.1) is 11.7 Å². The first-order valence-electron chi connectivity index (χ1n) is 5.49. The number of carboxylic acids is 1. The fourth-order valence-corrected chi connectivity index (χ4v) is 1.43. The molecule has 104 valence electrons. The third-order valence-corrected chi connectivity index (χ3v) is 2.11. The van der Waals surface area contributed by atoms with E-state index in [0.29, 0.717) is 6.08 Å². The molecular formula is C13H13F3O3. The van der Waals surface area contributed by atoms with Gasteiger partial charge in [-0.1, -0.05) is 6.07 Å². The quantitative estimate of drug-likeness (QED) is 0.853. The Morgan fingerprint density at radius 2 is 2.00 bits per heavy atom. The van der Waals surface area contributed by atoms with Crippen molar-refractivity contribution in [2.75, 3.05) is 0 Å². The zero-order chi connectivity index (χ0) is 14.6. The van der Waals surface area contributed by atoms with E-state index in [2.05, 4.69) is 0 Å². The molecule has 0 aromatic heterocycles. The van der Waals surface area contributed by atoms with Crippen LogP contribution in [0.25, 0.3) is 6.08 Å². The van der Waals surface area contributed by atoms with Gasteiger partial charge in [0.25, 0.3) is 0 Å². The van der Waals surface area contributed by atoms with Crippen molar-refractivity contribution in [3.05, 3.63) is 35.4 Å². The maximum Gasteiger partial charge on any atom is 0.417 e. The molecule has 0 atom stereocenters. The van der Waals surface area contributed by atoms with Crippen LogP contribution in [0.4, 0.5) is 13.2 Å². The molecular weight excluding hydrogens is 261 g/mol. The first-order valence-corrected chi connectivity index (χ1v) is 5.49. The molecule has 6 heteroatoms. The van der Waals surface area contributed by atoms with Crippen LogP contribution in [-0.2, 0) is 11.0 Å². The SMILES string of the molecule is CC(C)Oc1ccc(/C=C/C(=O)O)c(C(F)(F)F)c1. The van der Waals surface area contributed by atoms with Gasteiger partial charge in [-0.15, -0.1) is 0 Å². The molecule has 0 aliphatic carbocycles. The average Bonchev–Trinajstić information content (AvgIpc) is 2.25. The Morgan fingerprint density at radius 1 is 1.37 bits per heavy atom. The summed E-state index contributed by atoms with van der Waals surface area (Å²) in [5, 5.41) is 8.45. The molecule has 0 saturated carbocycles. The smallest absolute Gasteiger partial charge is 0.417 e. The summed E-state index contributed by atoms with van der Waals surface area (Å²) in [5.41, 5.74) is -1.14. The second kappa shape index (κ2) is 5.77. The molecule has 0 unspecified atom stereocenters. The molecule has 0 radical (unpaired) electrons. The van der Waals surface area contributed by atoms with Gasteiger partial charge in [-0.3, -0.25) is 0 Å². The molecule has 1 N–H and O–H groups in total. The summed E-state index contributed by atoms with van der Waals surface area (Å²) in [6.07, 6.45) is -3.26. The largest absolute Gasteiger partial charge is 0.491 e. The van der Waals surface area contributed by atoms with Crippen LogP contribution in [0, 0.1) is 0 Å². The molecule has 3 nitrogen and oxygen atoms in total. The number of rotatable bonds is 4. The fraction of sp³-hybridized carbons (Fsp3) is 0.308. The van der Waals surface area contributed by atoms with Gasteiger partial charge >= 0.3 is 12.1 Å². The summed E-state index contributed by atoms with van der Waals surface area (Å²) in [5.74, 6) is -1.22. The van der Waals surface area contributed by atoms with E-state index in [1.165, 1.54) is 12.1 Å². The van der Waals surface area contributed by atoms with Crippen LogP contribution in [0.2, 0.25) is 0 Å². The number of alkyl halides is 3. The van der Waals surface area contributed by atoms with Crippen LogP contribution in [0.1, 0.15) is 25.0 Å². The van der Waals surface area contributed by atoms with Gasteiger partial charge in [-0.05, 0) is 37.6 Å².